The van der Waals surface area contributed by atoms with Crippen molar-refractivity contribution in [2.75, 3.05) is 13.2 Å². The van der Waals surface area contributed by atoms with Gasteiger partial charge in [-0.15, -0.1) is 0 Å². The van der Waals surface area contributed by atoms with E-state index < -0.39 is 0 Å². The molecule has 4 nitrogen and oxygen atoms in total. The molecule has 134 valence electrons. The maximum atomic E-state index is 5.83. The maximum Gasteiger partial charge on any atom is 0.169 e. The fourth-order valence-electron chi connectivity index (χ4n) is 3.70. The van der Waals surface area contributed by atoms with E-state index in [0.29, 0.717) is 12.6 Å². The first-order valence-electron chi connectivity index (χ1n) is 9.43. The van der Waals surface area contributed by atoms with Gasteiger partial charge in [0.25, 0.3) is 0 Å². The van der Waals surface area contributed by atoms with Gasteiger partial charge in [0, 0.05) is 19.2 Å². The summed E-state index contributed by atoms with van der Waals surface area (Å²) in [6.07, 6.45) is 10.4. The van der Waals surface area contributed by atoms with Crippen molar-refractivity contribution in [3.05, 3.63) is 23.7 Å². The molecule has 1 atom stereocenters. The Kier molecular flexibility index (Phi) is 6.55. The molecule has 1 aliphatic heterocycles. The zero-order valence-electron chi connectivity index (χ0n) is 14.8. The zero-order valence-corrected chi connectivity index (χ0v) is 15.6. The summed E-state index contributed by atoms with van der Waals surface area (Å²) in [6.45, 7) is 4.42. The fourth-order valence-corrected chi connectivity index (χ4v) is 4.01. The van der Waals surface area contributed by atoms with Crippen LogP contribution in [0.2, 0.25) is 0 Å². The Balaban J connectivity index is 1.61. The second kappa shape index (κ2) is 8.86. The quantitative estimate of drug-likeness (QED) is 0.637. The predicted octanol–water partition coefficient (Wildman–Crippen LogP) is 4.17. The Morgan fingerprint density at radius 3 is 2.58 bits per heavy atom. The van der Waals surface area contributed by atoms with Gasteiger partial charge in [0.2, 0.25) is 0 Å². The SMILES string of the molecule is Cc1ccc(CN(C[C@H]2CCCO2)C(=S)NC2CCCCCC2)o1. The minimum absolute atomic E-state index is 0.287. The summed E-state index contributed by atoms with van der Waals surface area (Å²) in [5, 5.41) is 4.47. The van der Waals surface area contributed by atoms with Gasteiger partial charge in [-0.25, -0.2) is 0 Å². The Morgan fingerprint density at radius 2 is 1.96 bits per heavy atom. The molecule has 1 saturated carbocycles. The second-order valence-corrected chi connectivity index (χ2v) is 7.55. The lowest BCUT2D eigenvalue weighted by molar-refractivity contribution is 0.0881. The highest BCUT2D eigenvalue weighted by Crippen LogP contribution is 2.19. The first-order chi connectivity index (χ1) is 11.7. The largest absolute Gasteiger partial charge is 0.464 e. The van der Waals surface area contributed by atoms with Crippen molar-refractivity contribution in [2.24, 2.45) is 0 Å². The highest BCUT2D eigenvalue weighted by Gasteiger charge is 2.23. The maximum absolute atomic E-state index is 5.83. The number of thiocarbonyl (C=S) groups is 1. The first-order valence-corrected chi connectivity index (χ1v) is 9.84. The number of furan rings is 1. The van der Waals surface area contributed by atoms with Crippen LogP contribution in [0, 0.1) is 6.92 Å². The van der Waals surface area contributed by atoms with Crippen LogP contribution in [0.5, 0.6) is 0 Å². The van der Waals surface area contributed by atoms with E-state index in [1.807, 2.05) is 19.1 Å². The average Bonchev–Trinajstić information content (AvgIpc) is 3.14. The van der Waals surface area contributed by atoms with Gasteiger partial charge in [-0.3, -0.25) is 0 Å². The number of rotatable bonds is 5. The molecule has 0 radical (unpaired) electrons. The van der Waals surface area contributed by atoms with E-state index in [9.17, 15) is 0 Å². The lowest BCUT2D eigenvalue weighted by atomic mass is 10.1. The van der Waals surface area contributed by atoms with Gasteiger partial charge in [0.1, 0.15) is 11.5 Å². The van der Waals surface area contributed by atoms with E-state index in [2.05, 4.69) is 10.2 Å². The highest BCUT2D eigenvalue weighted by molar-refractivity contribution is 7.80. The van der Waals surface area contributed by atoms with Crippen molar-refractivity contribution in [1.29, 1.82) is 0 Å². The van der Waals surface area contributed by atoms with Crippen LogP contribution in [0.1, 0.15) is 62.9 Å². The minimum atomic E-state index is 0.287. The van der Waals surface area contributed by atoms with Crippen LogP contribution in [-0.2, 0) is 11.3 Å². The summed E-state index contributed by atoms with van der Waals surface area (Å²) < 4.78 is 11.6. The number of aryl methyl sites for hydroxylation is 1. The molecule has 1 aromatic rings. The molecule has 1 saturated heterocycles. The van der Waals surface area contributed by atoms with E-state index in [-0.39, 0.29) is 6.10 Å². The first kappa shape index (κ1) is 17.7. The van der Waals surface area contributed by atoms with E-state index in [4.69, 9.17) is 21.4 Å². The number of hydrogen-bond donors (Lipinski definition) is 1. The molecule has 0 amide bonds. The van der Waals surface area contributed by atoms with E-state index >= 15 is 0 Å². The Morgan fingerprint density at radius 1 is 1.17 bits per heavy atom. The van der Waals surface area contributed by atoms with Gasteiger partial charge >= 0.3 is 0 Å². The van der Waals surface area contributed by atoms with Crippen LogP contribution in [0.25, 0.3) is 0 Å². The second-order valence-electron chi connectivity index (χ2n) is 7.17. The molecule has 2 fully saturated rings. The molecule has 0 unspecified atom stereocenters. The third kappa shape index (κ3) is 5.21. The standard InChI is InChI=1S/C19H30N2O2S/c1-15-10-11-18(23-15)14-21(13-17-9-6-12-22-17)19(24)20-16-7-4-2-3-5-8-16/h10-11,16-17H,2-9,12-14H2,1H3,(H,20,24)/t17-/m1/s1. The van der Waals surface area contributed by atoms with Crippen molar-refractivity contribution in [3.8, 4) is 0 Å². The number of nitrogens with one attached hydrogen (secondary N) is 1. The minimum Gasteiger partial charge on any atom is -0.464 e. The van der Waals surface area contributed by atoms with Gasteiger partial charge in [0.15, 0.2) is 5.11 Å². The number of hydrogen-bond acceptors (Lipinski definition) is 3. The third-order valence-electron chi connectivity index (χ3n) is 5.06. The summed E-state index contributed by atoms with van der Waals surface area (Å²) in [5.41, 5.74) is 0. The molecule has 0 bridgehead atoms. The average molecular weight is 351 g/mol. The van der Waals surface area contributed by atoms with Crippen LogP contribution >= 0.6 is 12.2 Å². The molecule has 2 heterocycles. The molecule has 3 rings (SSSR count). The fraction of sp³-hybridized carbons (Fsp3) is 0.737. The molecular weight excluding hydrogens is 320 g/mol. The van der Waals surface area contributed by atoms with Crippen LogP contribution in [0.4, 0.5) is 0 Å². The summed E-state index contributed by atoms with van der Waals surface area (Å²) in [4.78, 5) is 2.23. The lowest BCUT2D eigenvalue weighted by Crippen LogP contribution is -2.46. The summed E-state index contributed by atoms with van der Waals surface area (Å²) >= 11 is 5.76. The Bertz CT molecular complexity index is 517. The Hall–Kier alpha value is -1.07. The van der Waals surface area contributed by atoms with Gasteiger partial charge in [-0.05, 0) is 57.0 Å². The molecule has 5 heteroatoms. The van der Waals surface area contributed by atoms with Crippen LogP contribution in [0.3, 0.4) is 0 Å². The Labute approximate surface area is 150 Å². The van der Waals surface area contributed by atoms with Crippen LogP contribution in [-0.4, -0.2) is 35.3 Å². The molecule has 2 aliphatic rings. The molecule has 0 aromatic carbocycles. The normalized spacial score (nSPS) is 22.3. The highest BCUT2D eigenvalue weighted by atomic mass is 32.1. The lowest BCUT2D eigenvalue weighted by Gasteiger charge is -2.30. The van der Waals surface area contributed by atoms with E-state index in [1.165, 1.54) is 38.5 Å². The molecule has 1 aromatic heterocycles. The molecule has 0 spiro atoms. The van der Waals surface area contributed by atoms with Crippen molar-refractivity contribution in [1.82, 2.24) is 10.2 Å². The number of nitrogens with zero attached hydrogens (tertiary/aromatic N) is 1. The molecular formula is C19H30N2O2S. The van der Waals surface area contributed by atoms with Gasteiger partial charge in [-0.2, -0.15) is 0 Å². The summed E-state index contributed by atoms with van der Waals surface area (Å²) in [5.74, 6) is 1.92. The van der Waals surface area contributed by atoms with E-state index in [1.54, 1.807) is 0 Å². The van der Waals surface area contributed by atoms with Gasteiger partial charge < -0.3 is 19.4 Å². The summed E-state index contributed by atoms with van der Waals surface area (Å²) in [6, 6.07) is 4.58. The predicted molar refractivity (Wildman–Crippen MR) is 100 cm³/mol. The number of ether oxygens (including phenoxy) is 1. The topological polar surface area (TPSA) is 37.6 Å². The van der Waals surface area contributed by atoms with Crippen LogP contribution in [0.15, 0.2) is 16.5 Å². The van der Waals surface area contributed by atoms with Crippen molar-refractivity contribution in [3.63, 3.8) is 0 Å². The smallest absolute Gasteiger partial charge is 0.169 e. The van der Waals surface area contributed by atoms with Crippen molar-refractivity contribution in [2.45, 2.75) is 77.0 Å². The summed E-state index contributed by atoms with van der Waals surface area (Å²) in [7, 11) is 0. The molecule has 1 aliphatic carbocycles. The molecule has 24 heavy (non-hydrogen) atoms. The molecule has 1 N–H and O–H groups in total. The zero-order chi connectivity index (χ0) is 16.8. The van der Waals surface area contributed by atoms with Gasteiger partial charge in [-0.1, -0.05) is 25.7 Å². The van der Waals surface area contributed by atoms with Crippen LogP contribution < -0.4 is 5.32 Å². The van der Waals surface area contributed by atoms with Crippen molar-refractivity contribution >= 4 is 17.3 Å². The van der Waals surface area contributed by atoms with Gasteiger partial charge in [0.05, 0.1) is 12.6 Å². The monoisotopic (exact) mass is 350 g/mol. The van der Waals surface area contributed by atoms with Crippen molar-refractivity contribution < 1.29 is 9.15 Å². The van der Waals surface area contributed by atoms with E-state index in [0.717, 1.165) is 42.6 Å². The third-order valence-corrected chi connectivity index (χ3v) is 5.44.